The second-order valence-electron chi connectivity index (χ2n) is 7.14. The molecule has 1 fully saturated rings. The van der Waals surface area contributed by atoms with Crippen LogP contribution in [-0.2, 0) is 11.2 Å². The van der Waals surface area contributed by atoms with Gasteiger partial charge in [0, 0.05) is 6.54 Å². The van der Waals surface area contributed by atoms with E-state index in [0.29, 0.717) is 23.8 Å². The quantitative estimate of drug-likeness (QED) is 0.677. The summed E-state index contributed by atoms with van der Waals surface area (Å²) in [6.07, 6.45) is 1.96. The zero-order valence-electron chi connectivity index (χ0n) is 16.4. The zero-order chi connectivity index (χ0) is 19.8. The molecule has 3 aromatic heterocycles. The third kappa shape index (κ3) is 3.28. The fourth-order valence-electron chi connectivity index (χ4n) is 3.77. The monoisotopic (exact) mass is 382 g/mol. The average molecular weight is 382 g/mol. The van der Waals surface area contributed by atoms with Gasteiger partial charge in [-0.3, -0.25) is 4.79 Å². The van der Waals surface area contributed by atoms with E-state index < -0.39 is 0 Å². The van der Waals surface area contributed by atoms with Crippen LogP contribution in [-0.4, -0.2) is 42.8 Å². The normalized spacial score (nSPS) is 16.7. The minimum Gasteiger partial charge on any atom is -0.361 e. The first-order chi connectivity index (χ1) is 13.4. The van der Waals surface area contributed by atoms with Crippen LogP contribution in [0, 0.1) is 27.7 Å². The molecule has 1 saturated heterocycles. The van der Waals surface area contributed by atoms with E-state index >= 15 is 0 Å². The fraction of sp³-hybridized carbons (Fsp3) is 0.474. The topological polar surface area (TPSA) is 111 Å². The van der Waals surface area contributed by atoms with Gasteiger partial charge in [-0.25, -0.2) is 14.6 Å². The first kappa shape index (κ1) is 18.3. The highest BCUT2D eigenvalue weighted by Gasteiger charge is 2.32. The molecule has 0 bridgehead atoms. The Bertz CT molecular complexity index is 1010. The average Bonchev–Trinajstić information content (AvgIpc) is 3.36. The highest BCUT2D eigenvalue weighted by atomic mass is 16.6. The van der Waals surface area contributed by atoms with Crippen LogP contribution in [0.5, 0.6) is 0 Å². The standard InChI is InChI=1S/C19H22N6O3/c1-10-14(24-28-23-10)9-18(26)25-7-5-6-17(25)15-8-16(21-13(4)20-15)19-11(2)22-27-12(19)3/h8,17H,5-7,9H2,1-4H3. The molecule has 0 aliphatic carbocycles. The van der Waals surface area contributed by atoms with Crippen molar-refractivity contribution in [3.05, 3.63) is 40.4 Å². The number of rotatable bonds is 4. The van der Waals surface area contributed by atoms with Crippen LogP contribution in [0.1, 0.15) is 53.2 Å². The number of aryl methyl sites for hydroxylation is 4. The summed E-state index contributed by atoms with van der Waals surface area (Å²) in [5.41, 5.74) is 4.49. The second-order valence-corrected chi connectivity index (χ2v) is 7.14. The van der Waals surface area contributed by atoms with E-state index in [0.717, 1.165) is 41.2 Å². The summed E-state index contributed by atoms with van der Waals surface area (Å²) in [6.45, 7) is 8.09. The predicted octanol–water partition coefficient (Wildman–Crippen LogP) is 2.65. The van der Waals surface area contributed by atoms with Gasteiger partial charge < -0.3 is 9.42 Å². The van der Waals surface area contributed by atoms with Crippen molar-refractivity contribution in [3.8, 4) is 11.3 Å². The zero-order valence-corrected chi connectivity index (χ0v) is 16.4. The lowest BCUT2D eigenvalue weighted by atomic mass is 10.1. The summed E-state index contributed by atoms with van der Waals surface area (Å²) in [7, 11) is 0. The minimum absolute atomic E-state index is 0.00328. The molecule has 9 nitrogen and oxygen atoms in total. The number of nitrogens with zero attached hydrogens (tertiary/aromatic N) is 6. The Morgan fingerprint density at radius 3 is 2.64 bits per heavy atom. The molecule has 28 heavy (non-hydrogen) atoms. The third-order valence-electron chi connectivity index (χ3n) is 5.13. The number of aromatic nitrogens is 5. The molecule has 0 radical (unpaired) electrons. The molecule has 146 valence electrons. The first-order valence-corrected chi connectivity index (χ1v) is 9.30. The van der Waals surface area contributed by atoms with Crippen molar-refractivity contribution in [2.75, 3.05) is 6.54 Å². The van der Waals surface area contributed by atoms with Gasteiger partial charge in [-0.15, -0.1) is 0 Å². The molecule has 1 atom stereocenters. The first-order valence-electron chi connectivity index (χ1n) is 9.30. The Morgan fingerprint density at radius 2 is 1.96 bits per heavy atom. The molecule has 1 amide bonds. The van der Waals surface area contributed by atoms with Gasteiger partial charge in [-0.2, -0.15) is 0 Å². The Hall–Kier alpha value is -3.10. The van der Waals surface area contributed by atoms with Crippen LogP contribution in [0.3, 0.4) is 0 Å². The lowest BCUT2D eigenvalue weighted by Crippen LogP contribution is -2.32. The Labute approximate surface area is 162 Å². The summed E-state index contributed by atoms with van der Waals surface area (Å²) >= 11 is 0. The van der Waals surface area contributed by atoms with Crippen molar-refractivity contribution in [2.45, 2.75) is 53.0 Å². The van der Waals surface area contributed by atoms with Crippen molar-refractivity contribution in [3.63, 3.8) is 0 Å². The number of hydrogen-bond donors (Lipinski definition) is 0. The van der Waals surface area contributed by atoms with Crippen molar-refractivity contribution in [1.82, 2.24) is 30.3 Å². The van der Waals surface area contributed by atoms with Crippen LogP contribution in [0.15, 0.2) is 15.2 Å². The predicted molar refractivity (Wildman–Crippen MR) is 98.2 cm³/mol. The number of hydrogen-bond acceptors (Lipinski definition) is 8. The summed E-state index contributed by atoms with van der Waals surface area (Å²) in [5, 5.41) is 11.6. The molecular formula is C19H22N6O3. The maximum absolute atomic E-state index is 12.9. The van der Waals surface area contributed by atoms with Crippen LogP contribution in [0.4, 0.5) is 0 Å². The fourth-order valence-corrected chi connectivity index (χ4v) is 3.77. The van der Waals surface area contributed by atoms with Crippen LogP contribution in [0.2, 0.25) is 0 Å². The van der Waals surface area contributed by atoms with Gasteiger partial charge in [0.15, 0.2) is 0 Å². The van der Waals surface area contributed by atoms with Crippen LogP contribution >= 0.6 is 0 Å². The van der Waals surface area contributed by atoms with E-state index in [2.05, 4.69) is 25.4 Å². The van der Waals surface area contributed by atoms with Crippen LogP contribution < -0.4 is 0 Å². The van der Waals surface area contributed by atoms with E-state index in [-0.39, 0.29) is 18.4 Å². The number of carbonyl (C=O) groups is 1. The molecule has 1 aliphatic rings. The van der Waals surface area contributed by atoms with E-state index in [1.165, 1.54) is 0 Å². The summed E-state index contributed by atoms with van der Waals surface area (Å²) < 4.78 is 10.00. The minimum atomic E-state index is -0.0893. The highest BCUT2D eigenvalue weighted by molar-refractivity contribution is 5.79. The summed E-state index contributed by atoms with van der Waals surface area (Å²) in [5.74, 6) is 1.37. The van der Waals surface area contributed by atoms with Crippen molar-refractivity contribution < 1.29 is 13.9 Å². The molecule has 0 saturated carbocycles. The van der Waals surface area contributed by atoms with Gasteiger partial charge in [0.25, 0.3) is 0 Å². The van der Waals surface area contributed by atoms with Crippen molar-refractivity contribution in [2.24, 2.45) is 0 Å². The van der Waals surface area contributed by atoms with Gasteiger partial charge in [-0.1, -0.05) is 15.5 Å². The molecule has 0 aromatic carbocycles. The van der Waals surface area contributed by atoms with E-state index in [1.54, 1.807) is 6.92 Å². The van der Waals surface area contributed by atoms with Crippen molar-refractivity contribution >= 4 is 5.91 Å². The van der Waals surface area contributed by atoms with Gasteiger partial charge in [0.1, 0.15) is 23.0 Å². The van der Waals surface area contributed by atoms with E-state index in [4.69, 9.17) is 9.15 Å². The summed E-state index contributed by atoms with van der Waals surface area (Å²) in [4.78, 5) is 24.0. The van der Waals surface area contributed by atoms with E-state index in [9.17, 15) is 4.79 Å². The lowest BCUT2D eigenvalue weighted by Gasteiger charge is -2.24. The van der Waals surface area contributed by atoms with E-state index in [1.807, 2.05) is 31.7 Å². The number of likely N-dealkylation sites (tertiary alicyclic amines) is 1. The van der Waals surface area contributed by atoms with Gasteiger partial charge in [0.05, 0.1) is 35.1 Å². The van der Waals surface area contributed by atoms with Crippen molar-refractivity contribution in [1.29, 1.82) is 0 Å². The Kier molecular flexibility index (Phi) is 4.66. The maximum atomic E-state index is 12.9. The van der Waals surface area contributed by atoms with Gasteiger partial charge in [-0.05, 0) is 46.6 Å². The molecule has 4 heterocycles. The molecule has 3 aromatic rings. The smallest absolute Gasteiger partial charge is 0.229 e. The number of carbonyl (C=O) groups excluding carboxylic acids is 1. The lowest BCUT2D eigenvalue weighted by molar-refractivity contribution is -0.131. The largest absolute Gasteiger partial charge is 0.361 e. The molecule has 1 unspecified atom stereocenters. The molecule has 0 N–H and O–H groups in total. The van der Waals surface area contributed by atoms with Gasteiger partial charge in [0.2, 0.25) is 5.91 Å². The second kappa shape index (κ2) is 7.14. The Morgan fingerprint density at radius 1 is 1.14 bits per heavy atom. The molecule has 9 heteroatoms. The highest BCUT2D eigenvalue weighted by Crippen LogP contribution is 2.34. The third-order valence-corrected chi connectivity index (χ3v) is 5.13. The Balaban J connectivity index is 1.64. The van der Waals surface area contributed by atoms with Crippen LogP contribution in [0.25, 0.3) is 11.3 Å². The molecular weight excluding hydrogens is 360 g/mol. The molecule has 1 aliphatic heterocycles. The number of amides is 1. The SMILES string of the molecule is Cc1nc(-c2c(C)noc2C)cc(C2CCCN2C(=O)Cc2nonc2C)n1. The molecule has 0 spiro atoms. The summed E-state index contributed by atoms with van der Waals surface area (Å²) in [6, 6.07) is 1.85. The maximum Gasteiger partial charge on any atom is 0.229 e. The van der Waals surface area contributed by atoms with Gasteiger partial charge >= 0.3 is 0 Å². The molecule has 4 rings (SSSR count).